The SMILES string of the molecule is Cc1nc(=S)c(C)c(-c2cc(F)cc(F)c2)[nH]1. The van der Waals surface area contributed by atoms with Crippen LogP contribution in [0.25, 0.3) is 11.3 Å². The second-order valence-electron chi connectivity index (χ2n) is 3.79. The van der Waals surface area contributed by atoms with Crippen LogP contribution in [0.2, 0.25) is 0 Å². The molecule has 0 aliphatic rings. The van der Waals surface area contributed by atoms with Gasteiger partial charge in [0.05, 0.1) is 5.69 Å². The number of benzene rings is 1. The first kappa shape index (κ1) is 11.9. The monoisotopic (exact) mass is 252 g/mol. The molecule has 1 aromatic carbocycles. The lowest BCUT2D eigenvalue weighted by Gasteiger charge is -2.08. The van der Waals surface area contributed by atoms with Crippen molar-refractivity contribution in [3.05, 3.63) is 45.9 Å². The van der Waals surface area contributed by atoms with Crippen LogP contribution in [0.4, 0.5) is 8.78 Å². The van der Waals surface area contributed by atoms with E-state index in [1.807, 2.05) is 0 Å². The molecule has 0 amide bonds. The van der Waals surface area contributed by atoms with Gasteiger partial charge in [0.25, 0.3) is 0 Å². The zero-order valence-corrected chi connectivity index (χ0v) is 10.2. The Morgan fingerprint density at radius 2 is 1.71 bits per heavy atom. The Bertz CT molecular complexity index is 615. The van der Waals surface area contributed by atoms with Gasteiger partial charge in [0.1, 0.15) is 22.1 Å². The van der Waals surface area contributed by atoms with Gasteiger partial charge in [0.15, 0.2) is 0 Å². The van der Waals surface area contributed by atoms with Crippen LogP contribution < -0.4 is 0 Å². The zero-order chi connectivity index (χ0) is 12.6. The third-order valence-corrected chi connectivity index (χ3v) is 2.82. The Kier molecular flexibility index (Phi) is 3.02. The molecular formula is C12H10F2N2S. The molecule has 1 N–H and O–H groups in total. The minimum Gasteiger partial charge on any atom is -0.343 e. The van der Waals surface area contributed by atoms with Gasteiger partial charge < -0.3 is 4.98 Å². The van der Waals surface area contributed by atoms with Gasteiger partial charge in [0, 0.05) is 17.2 Å². The predicted octanol–water partition coefficient (Wildman–Crippen LogP) is 3.70. The standard InChI is InChI=1S/C12H10F2N2S/c1-6-11(15-7(2)16-12(6)17)8-3-9(13)5-10(14)4-8/h3-5H,1-2H3,(H,15,16,17). The van der Waals surface area contributed by atoms with E-state index in [2.05, 4.69) is 9.97 Å². The number of nitrogens with zero attached hydrogens (tertiary/aromatic N) is 1. The summed E-state index contributed by atoms with van der Waals surface area (Å²) >= 11 is 5.08. The molecule has 0 aliphatic carbocycles. The Morgan fingerprint density at radius 3 is 2.29 bits per heavy atom. The number of aryl methyl sites for hydroxylation is 1. The van der Waals surface area contributed by atoms with Crippen LogP contribution >= 0.6 is 12.2 Å². The van der Waals surface area contributed by atoms with E-state index in [9.17, 15) is 8.78 Å². The van der Waals surface area contributed by atoms with E-state index in [1.54, 1.807) is 13.8 Å². The number of aromatic amines is 1. The molecular weight excluding hydrogens is 242 g/mol. The highest BCUT2D eigenvalue weighted by atomic mass is 32.1. The topological polar surface area (TPSA) is 28.7 Å². The molecule has 88 valence electrons. The molecule has 1 aromatic heterocycles. The highest BCUT2D eigenvalue weighted by Crippen LogP contribution is 2.23. The first-order valence-electron chi connectivity index (χ1n) is 5.01. The van der Waals surface area contributed by atoms with Crippen molar-refractivity contribution >= 4 is 12.2 Å². The van der Waals surface area contributed by atoms with Gasteiger partial charge in [-0.2, -0.15) is 0 Å². The fourth-order valence-corrected chi connectivity index (χ4v) is 1.87. The lowest BCUT2D eigenvalue weighted by Crippen LogP contribution is -1.97. The highest BCUT2D eigenvalue weighted by molar-refractivity contribution is 7.71. The molecule has 17 heavy (non-hydrogen) atoms. The number of H-pyrrole nitrogens is 1. The van der Waals surface area contributed by atoms with Crippen LogP contribution in [-0.4, -0.2) is 9.97 Å². The molecule has 5 heteroatoms. The minimum atomic E-state index is -0.617. The van der Waals surface area contributed by atoms with Crippen molar-refractivity contribution in [2.75, 3.05) is 0 Å². The molecule has 0 fully saturated rings. The van der Waals surface area contributed by atoms with E-state index in [-0.39, 0.29) is 0 Å². The number of hydrogen-bond donors (Lipinski definition) is 1. The van der Waals surface area contributed by atoms with Gasteiger partial charge in [-0.25, -0.2) is 13.8 Å². The summed E-state index contributed by atoms with van der Waals surface area (Å²) in [5.74, 6) is -0.623. The molecule has 2 nitrogen and oxygen atoms in total. The van der Waals surface area contributed by atoms with Crippen molar-refractivity contribution in [3.8, 4) is 11.3 Å². The average Bonchev–Trinajstić information content (AvgIpc) is 2.22. The third kappa shape index (κ3) is 2.39. The number of hydrogen-bond acceptors (Lipinski definition) is 2. The fourth-order valence-electron chi connectivity index (χ4n) is 1.63. The van der Waals surface area contributed by atoms with Crippen molar-refractivity contribution in [3.63, 3.8) is 0 Å². The first-order chi connectivity index (χ1) is 7.97. The largest absolute Gasteiger partial charge is 0.343 e. The Balaban J connectivity index is 2.72. The predicted molar refractivity (Wildman–Crippen MR) is 64.2 cm³/mol. The smallest absolute Gasteiger partial charge is 0.133 e. The van der Waals surface area contributed by atoms with Crippen LogP contribution in [0, 0.1) is 30.1 Å². The van der Waals surface area contributed by atoms with Gasteiger partial charge in [-0.1, -0.05) is 12.2 Å². The summed E-state index contributed by atoms with van der Waals surface area (Å²) in [5.41, 5.74) is 1.73. The van der Waals surface area contributed by atoms with E-state index in [4.69, 9.17) is 12.2 Å². The molecule has 2 aromatic rings. The van der Waals surface area contributed by atoms with Crippen LogP contribution in [0.3, 0.4) is 0 Å². The van der Waals surface area contributed by atoms with E-state index < -0.39 is 11.6 Å². The summed E-state index contributed by atoms with van der Waals surface area (Å²) < 4.78 is 26.7. The van der Waals surface area contributed by atoms with Gasteiger partial charge in [-0.3, -0.25) is 0 Å². The summed E-state index contributed by atoms with van der Waals surface area (Å²) in [4.78, 5) is 7.05. The number of nitrogens with one attached hydrogen (secondary N) is 1. The third-order valence-electron chi connectivity index (χ3n) is 2.42. The summed E-state index contributed by atoms with van der Waals surface area (Å²) in [5, 5.41) is 0. The van der Waals surface area contributed by atoms with E-state index >= 15 is 0 Å². The Hall–Kier alpha value is -1.62. The second kappa shape index (κ2) is 4.33. The van der Waals surface area contributed by atoms with Gasteiger partial charge in [-0.15, -0.1) is 0 Å². The lowest BCUT2D eigenvalue weighted by atomic mass is 10.1. The Morgan fingerprint density at radius 1 is 1.12 bits per heavy atom. The minimum absolute atomic E-state index is 0.427. The van der Waals surface area contributed by atoms with E-state index in [0.717, 1.165) is 6.07 Å². The molecule has 1 heterocycles. The van der Waals surface area contributed by atoms with Gasteiger partial charge >= 0.3 is 0 Å². The van der Waals surface area contributed by atoms with Crippen molar-refractivity contribution in [1.82, 2.24) is 9.97 Å². The maximum Gasteiger partial charge on any atom is 0.133 e. The van der Waals surface area contributed by atoms with E-state index in [0.29, 0.717) is 27.3 Å². The molecule has 0 unspecified atom stereocenters. The molecule has 0 saturated carbocycles. The molecule has 0 saturated heterocycles. The molecule has 0 aliphatic heterocycles. The van der Waals surface area contributed by atoms with Crippen molar-refractivity contribution in [2.45, 2.75) is 13.8 Å². The zero-order valence-electron chi connectivity index (χ0n) is 9.34. The summed E-state index contributed by atoms with van der Waals surface area (Å²) in [6.07, 6.45) is 0. The second-order valence-corrected chi connectivity index (χ2v) is 4.17. The molecule has 0 spiro atoms. The summed E-state index contributed by atoms with van der Waals surface area (Å²) in [6.45, 7) is 3.51. The molecule has 0 atom stereocenters. The molecule has 2 rings (SSSR count). The normalized spacial score (nSPS) is 10.6. The van der Waals surface area contributed by atoms with Crippen molar-refractivity contribution in [2.24, 2.45) is 0 Å². The van der Waals surface area contributed by atoms with Crippen LogP contribution in [0.1, 0.15) is 11.4 Å². The lowest BCUT2D eigenvalue weighted by molar-refractivity contribution is 0.584. The average molecular weight is 252 g/mol. The fraction of sp³-hybridized carbons (Fsp3) is 0.167. The van der Waals surface area contributed by atoms with Crippen molar-refractivity contribution < 1.29 is 8.78 Å². The molecule has 0 radical (unpaired) electrons. The summed E-state index contributed by atoms with van der Waals surface area (Å²) in [6, 6.07) is 3.35. The molecule has 0 bridgehead atoms. The van der Waals surface area contributed by atoms with Crippen LogP contribution in [0.5, 0.6) is 0 Å². The number of rotatable bonds is 1. The Labute approximate surface area is 102 Å². The number of aromatic nitrogens is 2. The van der Waals surface area contributed by atoms with Crippen LogP contribution in [-0.2, 0) is 0 Å². The first-order valence-corrected chi connectivity index (χ1v) is 5.42. The quantitative estimate of drug-likeness (QED) is 0.784. The highest BCUT2D eigenvalue weighted by Gasteiger charge is 2.08. The summed E-state index contributed by atoms with van der Waals surface area (Å²) in [7, 11) is 0. The van der Waals surface area contributed by atoms with Crippen molar-refractivity contribution in [1.29, 1.82) is 0 Å². The number of halogens is 2. The van der Waals surface area contributed by atoms with Crippen LogP contribution in [0.15, 0.2) is 18.2 Å². The maximum atomic E-state index is 13.2. The van der Waals surface area contributed by atoms with E-state index in [1.165, 1.54) is 12.1 Å². The van der Waals surface area contributed by atoms with Gasteiger partial charge in [-0.05, 0) is 26.0 Å². The van der Waals surface area contributed by atoms with Gasteiger partial charge in [0.2, 0.25) is 0 Å². The maximum absolute atomic E-state index is 13.2.